The lowest BCUT2D eigenvalue weighted by atomic mass is 10.1. The van der Waals surface area contributed by atoms with Gasteiger partial charge in [-0.3, -0.25) is 9.59 Å². The fourth-order valence-corrected chi connectivity index (χ4v) is 3.46. The molecule has 8 nitrogen and oxygen atoms in total. The maximum absolute atomic E-state index is 13.5. The molecule has 0 aliphatic carbocycles. The molecule has 0 spiro atoms. The molecule has 4 aromatic rings. The van der Waals surface area contributed by atoms with Gasteiger partial charge >= 0.3 is 6.18 Å². The number of benzene rings is 2. The zero-order valence-corrected chi connectivity index (χ0v) is 17.6. The molecule has 168 valence electrons. The van der Waals surface area contributed by atoms with Gasteiger partial charge in [0.1, 0.15) is 18.3 Å². The van der Waals surface area contributed by atoms with E-state index in [9.17, 15) is 22.8 Å². The third kappa shape index (κ3) is 4.35. The van der Waals surface area contributed by atoms with Gasteiger partial charge in [-0.25, -0.2) is 14.3 Å². The Morgan fingerprint density at radius 1 is 1.12 bits per heavy atom. The normalized spacial score (nSPS) is 11.4. The second-order valence-electron chi connectivity index (χ2n) is 6.86. The maximum Gasteiger partial charge on any atom is 0.418 e. The molecule has 0 aliphatic heterocycles. The summed E-state index contributed by atoms with van der Waals surface area (Å²) < 4.78 is 42.7. The van der Waals surface area contributed by atoms with Gasteiger partial charge in [-0.05, 0) is 31.2 Å². The molecule has 12 heteroatoms. The minimum Gasteiger partial charge on any atom is -0.318 e. The first-order chi connectivity index (χ1) is 15.7. The number of para-hydroxylation sites is 2. The standard InChI is InChI=1S/C21H14ClF3N6O2/c1-12-9-17(32)18(29-31(12)16-8-3-2-5-13(16)21(23,24)25)20(33)28-15-7-4-6-14(22)19(15)30-11-26-10-27-30/h2-11H,1H3,(H,28,33). The number of alkyl halides is 3. The van der Waals surface area contributed by atoms with E-state index in [4.69, 9.17) is 11.6 Å². The Morgan fingerprint density at radius 3 is 2.58 bits per heavy atom. The average molecular weight is 475 g/mol. The van der Waals surface area contributed by atoms with Gasteiger partial charge in [0.2, 0.25) is 5.43 Å². The number of aryl methyl sites for hydroxylation is 1. The van der Waals surface area contributed by atoms with Gasteiger partial charge in [0, 0.05) is 11.8 Å². The summed E-state index contributed by atoms with van der Waals surface area (Å²) >= 11 is 6.24. The van der Waals surface area contributed by atoms with Gasteiger partial charge in [0.05, 0.1) is 22.0 Å². The minimum atomic E-state index is -4.66. The molecular weight excluding hydrogens is 461 g/mol. The summed E-state index contributed by atoms with van der Waals surface area (Å²) in [4.78, 5) is 29.3. The first kappa shape index (κ1) is 22.2. The molecule has 0 saturated heterocycles. The van der Waals surface area contributed by atoms with E-state index in [1.54, 1.807) is 12.1 Å². The van der Waals surface area contributed by atoms with Crippen molar-refractivity contribution >= 4 is 23.2 Å². The number of anilines is 1. The van der Waals surface area contributed by atoms with Crippen LogP contribution in [0.3, 0.4) is 0 Å². The molecule has 1 N–H and O–H groups in total. The molecular formula is C21H14ClF3N6O2. The van der Waals surface area contributed by atoms with Crippen LogP contribution in [-0.2, 0) is 6.18 Å². The van der Waals surface area contributed by atoms with E-state index in [0.29, 0.717) is 5.69 Å². The van der Waals surface area contributed by atoms with E-state index < -0.39 is 28.8 Å². The first-order valence-electron chi connectivity index (χ1n) is 9.39. The average Bonchev–Trinajstić information content (AvgIpc) is 3.27. The zero-order valence-electron chi connectivity index (χ0n) is 16.8. The second kappa shape index (κ2) is 8.51. The predicted molar refractivity (Wildman–Crippen MR) is 114 cm³/mol. The second-order valence-corrected chi connectivity index (χ2v) is 7.26. The molecule has 33 heavy (non-hydrogen) atoms. The summed E-state index contributed by atoms with van der Waals surface area (Å²) in [6.07, 6.45) is -2.03. The Morgan fingerprint density at radius 2 is 1.88 bits per heavy atom. The zero-order chi connectivity index (χ0) is 23.8. The monoisotopic (exact) mass is 474 g/mol. The molecule has 2 heterocycles. The SMILES string of the molecule is Cc1cc(=O)c(C(=O)Nc2cccc(Cl)c2-n2cncn2)nn1-c1ccccc1C(F)(F)F. The number of nitrogens with zero attached hydrogens (tertiary/aromatic N) is 5. The van der Waals surface area contributed by atoms with Gasteiger partial charge in [-0.1, -0.05) is 29.8 Å². The summed E-state index contributed by atoms with van der Waals surface area (Å²) in [5, 5.41) is 10.7. The number of hydrogen-bond acceptors (Lipinski definition) is 5. The van der Waals surface area contributed by atoms with Gasteiger partial charge in [-0.2, -0.15) is 23.4 Å². The van der Waals surface area contributed by atoms with Gasteiger partial charge < -0.3 is 5.32 Å². The van der Waals surface area contributed by atoms with E-state index in [2.05, 4.69) is 20.5 Å². The van der Waals surface area contributed by atoms with Crippen molar-refractivity contribution < 1.29 is 18.0 Å². The molecule has 2 aromatic heterocycles. The molecule has 0 saturated carbocycles. The lowest BCUT2D eigenvalue weighted by molar-refractivity contribution is -0.137. The van der Waals surface area contributed by atoms with Crippen molar-refractivity contribution in [1.82, 2.24) is 24.5 Å². The van der Waals surface area contributed by atoms with E-state index >= 15 is 0 Å². The highest BCUT2D eigenvalue weighted by Crippen LogP contribution is 2.33. The summed E-state index contributed by atoms with van der Waals surface area (Å²) in [6.45, 7) is 1.42. The van der Waals surface area contributed by atoms with E-state index in [-0.39, 0.29) is 22.1 Å². The topological polar surface area (TPSA) is 94.7 Å². The summed E-state index contributed by atoms with van der Waals surface area (Å²) in [5.74, 6) is -0.929. The Balaban J connectivity index is 1.78. The van der Waals surface area contributed by atoms with Crippen molar-refractivity contribution in [1.29, 1.82) is 0 Å². The van der Waals surface area contributed by atoms with Gasteiger partial charge in [0.25, 0.3) is 5.91 Å². The number of hydrogen-bond donors (Lipinski definition) is 1. The fourth-order valence-electron chi connectivity index (χ4n) is 3.20. The highest BCUT2D eigenvalue weighted by molar-refractivity contribution is 6.33. The van der Waals surface area contributed by atoms with Crippen molar-refractivity contribution in [3.63, 3.8) is 0 Å². The highest BCUT2D eigenvalue weighted by atomic mass is 35.5. The number of nitrogens with one attached hydrogen (secondary N) is 1. The molecule has 2 aromatic carbocycles. The maximum atomic E-state index is 13.5. The molecule has 0 fully saturated rings. The summed E-state index contributed by atoms with van der Waals surface area (Å²) in [5.41, 5.74) is -2.01. The Kier molecular flexibility index (Phi) is 5.73. The summed E-state index contributed by atoms with van der Waals surface area (Å²) in [6, 6.07) is 10.4. The van der Waals surface area contributed by atoms with Crippen LogP contribution in [0.1, 0.15) is 21.7 Å². The number of aromatic nitrogens is 5. The van der Waals surface area contributed by atoms with Crippen molar-refractivity contribution in [2.75, 3.05) is 5.32 Å². The number of halogens is 4. The van der Waals surface area contributed by atoms with Crippen LogP contribution >= 0.6 is 11.6 Å². The molecule has 0 bridgehead atoms. The number of rotatable bonds is 4. The molecule has 4 rings (SSSR count). The number of carbonyl (C=O) groups excluding carboxylic acids is 1. The lowest BCUT2D eigenvalue weighted by Crippen LogP contribution is -2.28. The highest BCUT2D eigenvalue weighted by Gasteiger charge is 2.34. The van der Waals surface area contributed by atoms with Crippen LogP contribution in [0.4, 0.5) is 18.9 Å². The van der Waals surface area contributed by atoms with Gasteiger partial charge in [-0.15, -0.1) is 0 Å². The largest absolute Gasteiger partial charge is 0.418 e. The predicted octanol–water partition coefficient (Wildman–Crippen LogP) is 4.05. The number of amides is 1. The van der Waals surface area contributed by atoms with Crippen LogP contribution in [0.25, 0.3) is 11.4 Å². The van der Waals surface area contributed by atoms with Crippen molar-refractivity contribution in [2.24, 2.45) is 0 Å². The van der Waals surface area contributed by atoms with E-state index in [0.717, 1.165) is 16.8 Å². The third-order valence-corrected chi connectivity index (χ3v) is 4.95. The Hall–Kier alpha value is -3.99. The Labute approximate surface area is 189 Å². The summed E-state index contributed by atoms with van der Waals surface area (Å²) in [7, 11) is 0. The Bertz CT molecular complexity index is 1400. The first-order valence-corrected chi connectivity index (χ1v) is 9.77. The quantitative estimate of drug-likeness (QED) is 0.481. The van der Waals surface area contributed by atoms with Crippen LogP contribution in [0.15, 0.2) is 66.0 Å². The van der Waals surface area contributed by atoms with Crippen LogP contribution in [0.5, 0.6) is 0 Å². The third-order valence-electron chi connectivity index (χ3n) is 4.64. The van der Waals surface area contributed by atoms with Gasteiger partial charge in [0.15, 0.2) is 5.69 Å². The van der Waals surface area contributed by atoms with Crippen molar-refractivity contribution in [3.05, 3.63) is 93.4 Å². The number of carbonyl (C=O) groups is 1. The molecule has 1 amide bonds. The molecule has 0 aliphatic rings. The fraction of sp³-hybridized carbons (Fsp3) is 0.0952. The lowest BCUT2D eigenvalue weighted by Gasteiger charge is -2.17. The molecule has 0 radical (unpaired) electrons. The van der Waals surface area contributed by atoms with Crippen LogP contribution in [-0.4, -0.2) is 30.5 Å². The molecule has 0 atom stereocenters. The van der Waals surface area contributed by atoms with Crippen LogP contribution in [0, 0.1) is 6.92 Å². The van der Waals surface area contributed by atoms with Crippen LogP contribution in [0.2, 0.25) is 5.02 Å². The molecule has 0 unspecified atom stereocenters. The van der Waals surface area contributed by atoms with Crippen molar-refractivity contribution in [3.8, 4) is 11.4 Å². The smallest absolute Gasteiger partial charge is 0.318 e. The van der Waals surface area contributed by atoms with E-state index in [1.165, 1.54) is 48.5 Å². The van der Waals surface area contributed by atoms with Crippen molar-refractivity contribution in [2.45, 2.75) is 13.1 Å². The minimum absolute atomic E-state index is 0.124. The van der Waals surface area contributed by atoms with Crippen LogP contribution < -0.4 is 10.7 Å². The van der Waals surface area contributed by atoms with E-state index in [1.807, 2.05) is 0 Å².